The van der Waals surface area contributed by atoms with Crippen molar-refractivity contribution < 1.29 is 9.47 Å². The van der Waals surface area contributed by atoms with E-state index in [1.54, 1.807) is 7.11 Å². The Kier molecular flexibility index (Phi) is 8.29. The van der Waals surface area contributed by atoms with Crippen molar-refractivity contribution in [3.05, 3.63) is 0 Å². The molecule has 0 aromatic heterocycles. The van der Waals surface area contributed by atoms with E-state index in [4.69, 9.17) is 9.47 Å². The Hall–Kier alpha value is 0.400. The van der Waals surface area contributed by atoms with Crippen molar-refractivity contribution in [2.24, 2.45) is 5.92 Å². The van der Waals surface area contributed by atoms with E-state index in [0.717, 1.165) is 17.7 Å². The molecule has 74 valence electrons. The predicted molar refractivity (Wildman–Crippen MR) is 54.6 cm³/mol. The van der Waals surface area contributed by atoms with Crippen molar-refractivity contribution in [1.29, 1.82) is 0 Å². The maximum Gasteiger partial charge on any atom is 0.146 e. The summed E-state index contributed by atoms with van der Waals surface area (Å²) in [7, 11) is 1.65. The van der Waals surface area contributed by atoms with Crippen molar-refractivity contribution in [3.63, 3.8) is 0 Å². The number of hydrogen-bond acceptors (Lipinski definition) is 2. The minimum absolute atomic E-state index is 0.312. The molecule has 3 heteroatoms. The zero-order valence-corrected chi connectivity index (χ0v) is 9.76. The molecule has 0 rings (SSSR count). The Morgan fingerprint density at radius 3 is 2.42 bits per heavy atom. The van der Waals surface area contributed by atoms with Crippen molar-refractivity contribution in [1.82, 2.24) is 0 Å². The van der Waals surface area contributed by atoms with E-state index in [0.29, 0.717) is 12.9 Å². The fourth-order valence-corrected chi connectivity index (χ4v) is 1.19. The highest BCUT2D eigenvalue weighted by molar-refractivity contribution is 9.09. The third kappa shape index (κ3) is 7.07. The van der Waals surface area contributed by atoms with Gasteiger partial charge in [-0.25, -0.2) is 0 Å². The van der Waals surface area contributed by atoms with Crippen LogP contribution in [0.5, 0.6) is 0 Å². The zero-order valence-electron chi connectivity index (χ0n) is 8.18. The molecule has 0 bridgehead atoms. The second-order valence-electron chi connectivity index (χ2n) is 3.22. The lowest BCUT2D eigenvalue weighted by molar-refractivity contribution is -0.0684. The smallest absolute Gasteiger partial charge is 0.146 e. The molecule has 0 N–H and O–H groups in total. The van der Waals surface area contributed by atoms with E-state index in [9.17, 15) is 0 Å². The number of rotatable bonds is 7. The summed E-state index contributed by atoms with van der Waals surface area (Å²) in [5.74, 6) is 0.735. The van der Waals surface area contributed by atoms with E-state index in [-0.39, 0.29) is 0 Å². The monoisotopic (exact) mass is 238 g/mol. The largest absolute Gasteiger partial charge is 0.359 e. The van der Waals surface area contributed by atoms with Crippen LogP contribution >= 0.6 is 15.9 Å². The number of methoxy groups -OCH3 is 1. The summed E-state index contributed by atoms with van der Waals surface area (Å²) in [6.45, 7) is 4.72. The van der Waals surface area contributed by atoms with Crippen LogP contribution < -0.4 is 0 Å². The molecule has 1 unspecified atom stereocenters. The Balaban J connectivity index is 3.24. The first-order chi connectivity index (χ1) is 5.70. The molecule has 0 aliphatic carbocycles. The van der Waals surface area contributed by atoms with Gasteiger partial charge in [0.2, 0.25) is 0 Å². The van der Waals surface area contributed by atoms with Crippen LogP contribution in [0.15, 0.2) is 0 Å². The third-order valence-corrected chi connectivity index (χ3v) is 2.91. The first-order valence-electron chi connectivity index (χ1n) is 4.37. The molecule has 2 nitrogen and oxygen atoms in total. The van der Waals surface area contributed by atoms with Crippen molar-refractivity contribution in [2.45, 2.75) is 32.8 Å². The molecule has 12 heavy (non-hydrogen) atoms. The summed E-state index contributed by atoms with van der Waals surface area (Å²) >= 11 is 3.45. The Morgan fingerprint density at radius 2 is 1.92 bits per heavy atom. The van der Waals surface area contributed by atoms with Gasteiger partial charge in [0.1, 0.15) is 6.79 Å². The molecule has 0 saturated carbocycles. The average molecular weight is 239 g/mol. The van der Waals surface area contributed by atoms with Crippen LogP contribution in [0.4, 0.5) is 0 Å². The third-order valence-electron chi connectivity index (χ3n) is 1.80. The Labute approximate surface area is 83.8 Å². The summed E-state index contributed by atoms with van der Waals surface area (Å²) in [5, 5.41) is 1.07. The summed E-state index contributed by atoms with van der Waals surface area (Å²) in [4.78, 5) is 0. The Morgan fingerprint density at radius 1 is 1.25 bits per heavy atom. The van der Waals surface area contributed by atoms with Gasteiger partial charge in [0.15, 0.2) is 0 Å². The van der Waals surface area contributed by atoms with Crippen LogP contribution in [0.3, 0.4) is 0 Å². The van der Waals surface area contributed by atoms with Gasteiger partial charge in [-0.15, -0.1) is 0 Å². The van der Waals surface area contributed by atoms with E-state index < -0.39 is 0 Å². The summed E-state index contributed by atoms with van der Waals surface area (Å²) in [5.41, 5.74) is 0. The molecular weight excluding hydrogens is 220 g/mol. The highest BCUT2D eigenvalue weighted by Crippen LogP contribution is 2.11. The Bertz CT molecular complexity index is 98.5. The molecule has 0 radical (unpaired) electrons. The topological polar surface area (TPSA) is 18.5 Å². The second-order valence-corrected chi connectivity index (χ2v) is 3.87. The molecular formula is C9H19BrO2. The standard InChI is InChI=1S/C9H19BrO2/c1-8(6-10)4-5-9(2)12-7-11-3/h8-9H,4-7H2,1-3H3/t8-,9?/m1/s1. The van der Waals surface area contributed by atoms with E-state index in [1.807, 2.05) is 0 Å². The minimum atomic E-state index is 0.312. The van der Waals surface area contributed by atoms with Crippen LogP contribution in [0, 0.1) is 5.92 Å². The van der Waals surface area contributed by atoms with Gasteiger partial charge in [-0.3, -0.25) is 0 Å². The van der Waals surface area contributed by atoms with Gasteiger partial charge in [-0.05, 0) is 25.7 Å². The predicted octanol–water partition coefficient (Wildman–Crippen LogP) is 2.81. The maximum absolute atomic E-state index is 5.35. The first-order valence-corrected chi connectivity index (χ1v) is 5.49. The van der Waals surface area contributed by atoms with Gasteiger partial charge in [0, 0.05) is 12.4 Å². The van der Waals surface area contributed by atoms with Gasteiger partial charge >= 0.3 is 0 Å². The summed E-state index contributed by atoms with van der Waals surface area (Å²) < 4.78 is 10.2. The fraction of sp³-hybridized carbons (Fsp3) is 1.00. The van der Waals surface area contributed by atoms with E-state index in [2.05, 4.69) is 29.8 Å². The first kappa shape index (κ1) is 12.4. The number of halogens is 1. The molecule has 0 fully saturated rings. The lowest BCUT2D eigenvalue weighted by Gasteiger charge is -2.14. The van der Waals surface area contributed by atoms with Gasteiger partial charge in [-0.2, -0.15) is 0 Å². The van der Waals surface area contributed by atoms with E-state index >= 15 is 0 Å². The highest BCUT2D eigenvalue weighted by atomic mass is 79.9. The van der Waals surface area contributed by atoms with Crippen LogP contribution in [0.25, 0.3) is 0 Å². The zero-order chi connectivity index (χ0) is 9.40. The molecule has 0 aromatic carbocycles. The summed E-state index contributed by atoms with van der Waals surface area (Å²) in [6, 6.07) is 0. The van der Waals surface area contributed by atoms with Crippen molar-refractivity contribution >= 4 is 15.9 Å². The van der Waals surface area contributed by atoms with Crippen LogP contribution in [-0.2, 0) is 9.47 Å². The lowest BCUT2D eigenvalue weighted by atomic mass is 10.1. The minimum Gasteiger partial charge on any atom is -0.359 e. The van der Waals surface area contributed by atoms with Gasteiger partial charge in [-0.1, -0.05) is 22.9 Å². The van der Waals surface area contributed by atoms with E-state index in [1.165, 1.54) is 6.42 Å². The molecule has 0 amide bonds. The van der Waals surface area contributed by atoms with Gasteiger partial charge in [0.05, 0.1) is 6.10 Å². The molecule has 0 aliphatic heterocycles. The second kappa shape index (κ2) is 8.02. The average Bonchev–Trinajstić information content (AvgIpc) is 2.10. The van der Waals surface area contributed by atoms with Gasteiger partial charge < -0.3 is 9.47 Å². The molecule has 0 saturated heterocycles. The fourth-order valence-electron chi connectivity index (χ4n) is 0.864. The SMILES string of the molecule is COCOC(C)CC[C@@H](C)CBr. The molecule has 0 heterocycles. The maximum atomic E-state index is 5.35. The molecule has 0 aromatic rings. The molecule has 2 atom stereocenters. The quantitative estimate of drug-likeness (QED) is 0.502. The van der Waals surface area contributed by atoms with Gasteiger partial charge in [0.25, 0.3) is 0 Å². The number of alkyl halides is 1. The summed E-state index contributed by atoms with van der Waals surface area (Å²) in [6.07, 6.45) is 2.62. The highest BCUT2D eigenvalue weighted by Gasteiger charge is 2.05. The van der Waals surface area contributed by atoms with Crippen molar-refractivity contribution in [2.75, 3.05) is 19.2 Å². The molecule has 0 aliphatic rings. The van der Waals surface area contributed by atoms with Crippen LogP contribution in [0.2, 0.25) is 0 Å². The lowest BCUT2D eigenvalue weighted by Crippen LogP contribution is -2.12. The molecule has 0 spiro atoms. The normalized spacial score (nSPS) is 16.0. The number of hydrogen-bond donors (Lipinski definition) is 0. The van der Waals surface area contributed by atoms with Crippen LogP contribution in [0.1, 0.15) is 26.7 Å². The van der Waals surface area contributed by atoms with Crippen LogP contribution in [-0.4, -0.2) is 25.3 Å². The number of ether oxygens (including phenoxy) is 2. The van der Waals surface area contributed by atoms with Crippen molar-refractivity contribution in [3.8, 4) is 0 Å².